The lowest BCUT2D eigenvalue weighted by Gasteiger charge is -2.40. The second-order valence-electron chi connectivity index (χ2n) is 7.19. The van der Waals surface area contributed by atoms with Gasteiger partial charge in [0.05, 0.1) is 17.7 Å². The van der Waals surface area contributed by atoms with Gasteiger partial charge in [0.2, 0.25) is 0 Å². The summed E-state index contributed by atoms with van der Waals surface area (Å²) >= 11 is 0. The first-order valence-corrected chi connectivity index (χ1v) is 7.80. The van der Waals surface area contributed by atoms with Crippen molar-refractivity contribution in [2.45, 2.75) is 46.6 Å². The van der Waals surface area contributed by atoms with Crippen molar-refractivity contribution in [3.05, 3.63) is 29.3 Å². The lowest BCUT2D eigenvalue weighted by Crippen LogP contribution is -2.38. The zero-order chi connectivity index (χ0) is 15.6. The van der Waals surface area contributed by atoms with E-state index in [2.05, 4.69) is 31.7 Å². The normalized spacial score (nSPS) is 18.4. The average Bonchev–Trinajstić information content (AvgIpc) is 2.45. The van der Waals surface area contributed by atoms with Gasteiger partial charge in [0.15, 0.2) is 0 Å². The Bertz CT molecular complexity index is 529. The minimum absolute atomic E-state index is 0.355. The molecular formula is C18H26N2O. The van der Waals surface area contributed by atoms with E-state index < -0.39 is 6.10 Å². The molecule has 1 atom stereocenters. The second kappa shape index (κ2) is 6.07. The Kier molecular flexibility index (Phi) is 4.58. The smallest absolute Gasteiger partial charge is 0.0992 e. The molecule has 3 heteroatoms. The number of anilines is 1. The third kappa shape index (κ3) is 3.57. The van der Waals surface area contributed by atoms with Crippen LogP contribution in [-0.2, 0) is 0 Å². The van der Waals surface area contributed by atoms with Crippen molar-refractivity contribution < 1.29 is 5.11 Å². The molecule has 0 unspecified atom stereocenters. The third-order valence-electron chi connectivity index (χ3n) is 4.67. The van der Waals surface area contributed by atoms with E-state index in [4.69, 9.17) is 5.26 Å². The number of nitrogens with zero attached hydrogens (tertiary/aromatic N) is 2. The van der Waals surface area contributed by atoms with Gasteiger partial charge in [-0.05, 0) is 43.2 Å². The minimum Gasteiger partial charge on any atom is -0.389 e. The number of hydrogen-bond donors (Lipinski definition) is 1. The maximum absolute atomic E-state index is 9.97. The van der Waals surface area contributed by atoms with Crippen molar-refractivity contribution in [2.75, 3.05) is 18.0 Å². The standard InChI is InChI=1S/C18H26N2O/c1-13(21)16-6-5-14(12-19)11-17(16)20-9-7-15(8-10-20)18(2,3)4/h5-6,11,13,15,21H,7-10H2,1-4H3/t13-/m0/s1. The molecule has 21 heavy (non-hydrogen) atoms. The summed E-state index contributed by atoms with van der Waals surface area (Å²) in [6, 6.07) is 7.78. The Balaban J connectivity index is 2.21. The Morgan fingerprint density at radius 2 is 1.90 bits per heavy atom. The Morgan fingerprint density at radius 1 is 1.29 bits per heavy atom. The van der Waals surface area contributed by atoms with Gasteiger partial charge in [-0.2, -0.15) is 5.26 Å². The van der Waals surface area contributed by atoms with Crippen LogP contribution < -0.4 is 4.90 Å². The summed E-state index contributed by atoms with van der Waals surface area (Å²) in [6.45, 7) is 10.7. The summed E-state index contributed by atoms with van der Waals surface area (Å²) in [5, 5.41) is 19.1. The van der Waals surface area contributed by atoms with E-state index in [9.17, 15) is 5.11 Å². The molecule has 1 aliphatic rings. The molecule has 0 aliphatic carbocycles. The highest BCUT2D eigenvalue weighted by atomic mass is 16.3. The highest BCUT2D eigenvalue weighted by Crippen LogP contribution is 2.37. The molecule has 0 aromatic heterocycles. The summed E-state index contributed by atoms with van der Waals surface area (Å²) < 4.78 is 0. The highest BCUT2D eigenvalue weighted by molar-refractivity contribution is 5.58. The summed E-state index contributed by atoms with van der Waals surface area (Å²) in [5.74, 6) is 0.739. The lowest BCUT2D eigenvalue weighted by molar-refractivity contribution is 0.193. The molecule has 1 fully saturated rings. The molecule has 0 spiro atoms. The van der Waals surface area contributed by atoms with E-state index >= 15 is 0 Å². The second-order valence-corrected chi connectivity index (χ2v) is 7.19. The molecule has 0 saturated carbocycles. The van der Waals surface area contributed by atoms with Crippen molar-refractivity contribution in [1.29, 1.82) is 5.26 Å². The van der Waals surface area contributed by atoms with Gasteiger partial charge in [0.1, 0.15) is 0 Å². The number of rotatable bonds is 2. The van der Waals surface area contributed by atoms with Gasteiger partial charge in [0.25, 0.3) is 0 Å². The summed E-state index contributed by atoms with van der Waals surface area (Å²) in [5.41, 5.74) is 2.96. The van der Waals surface area contributed by atoms with Crippen LogP contribution in [0.15, 0.2) is 18.2 Å². The maximum Gasteiger partial charge on any atom is 0.0992 e. The average molecular weight is 286 g/mol. The van der Waals surface area contributed by atoms with E-state index in [0.29, 0.717) is 11.0 Å². The molecule has 1 heterocycles. The molecule has 0 bridgehead atoms. The van der Waals surface area contributed by atoms with Gasteiger partial charge >= 0.3 is 0 Å². The Morgan fingerprint density at radius 3 is 2.38 bits per heavy atom. The van der Waals surface area contributed by atoms with Gasteiger partial charge in [-0.25, -0.2) is 0 Å². The molecule has 1 saturated heterocycles. The van der Waals surface area contributed by atoms with Gasteiger partial charge in [-0.15, -0.1) is 0 Å². The van der Waals surface area contributed by atoms with Crippen LogP contribution in [0.2, 0.25) is 0 Å². The first-order valence-electron chi connectivity index (χ1n) is 7.80. The number of piperidine rings is 1. The molecule has 1 aromatic rings. The monoisotopic (exact) mass is 286 g/mol. The van der Waals surface area contributed by atoms with Crippen LogP contribution in [0.5, 0.6) is 0 Å². The molecule has 0 amide bonds. The molecule has 3 nitrogen and oxygen atoms in total. The molecular weight excluding hydrogens is 260 g/mol. The first kappa shape index (κ1) is 15.9. The van der Waals surface area contributed by atoms with Crippen LogP contribution >= 0.6 is 0 Å². The molecule has 0 radical (unpaired) electrons. The van der Waals surface area contributed by atoms with E-state index in [0.717, 1.165) is 30.3 Å². The number of aliphatic hydroxyl groups excluding tert-OH is 1. The van der Waals surface area contributed by atoms with Crippen LogP contribution in [0.4, 0.5) is 5.69 Å². The zero-order valence-electron chi connectivity index (χ0n) is 13.6. The fourth-order valence-corrected chi connectivity index (χ4v) is 3.23. The highest BCUT2D eigenvalue weighted by Gasteiger charge is 2.29. The van der Waals surface area contributed by atoms with E-state index in [1.165, 1.54) is 12.8 Å². The van der Waals surface area contributed by atoms with Gasteiger partial charge < -0.3 is 10.0 Å². The maximum atomic E-state index is 9.97. The van der Waals surface area contributed by atoms with Crippen LogP contribution in [0, 0.1) is 22.7 Å². The minimum atomic E-state index is -0.506. The molecule has 1 aliphatic heterocycles. The van der Waals surface area contributed by atoms with Crippen molar-refractivity contribution >= 4 is 5.69 Å². The van der Waals surface area contributed by atoms with E-state index in [-0.39, 0.29) is 0 Å². The van der Waals surface area contributed by atoms with Crippen LogP contribution in [0.1, 0.15) is 57.8 Å². The topological polar surface area (TPSA) is 47.3 Å². The van der Waals surface area contributed by atoms with Crippen molar-refractivity contribution in [2.24, 2.45) is 11.3 Å². The SMILES string of the molecule is C[C@H](O)c1ccc(C#N)cc1N1CCC(C(C)(C)C)CC1. The first-order chi connectivity index (χ1) is 9.82. The van der Waals surface area contributed by atoms with Crippen molar-refractivity contribution in [1.82, 2.24) is 0 Å². The predicted octanol–water partition coefficient (Wildman–Crippen LogP) is 3.87. The molecule has 2 rings (SSSR count). The fraction of sp³-hybridized carbons (Fsp3) is 0.611. The fourth-order valence-electron chi connectivity index (χ4n) is 3.23. The van der Waals surface area contributed by atoms with Gasteiger partial charge in [-0.3, -0.25) is 0 Å². The van der Waals surface area contributed by atoms with Crippen LogP contribution in [0.25, 0.3) is 0 Å². The van der Waals surface area contributed by atoms with Crippen LogP contribution in [0.3, 0.4) is 0 Å². The van der Waals surface area contributed by atoms with E-state index in [1.807, 2.05) is 12.1 Å². The molecule has 1 aromatic carbocycles. The molecule has 1 N–H and O–H groups in total. The number of nitriles is 1. The number of aliphatic hydroxyl groups is 1. The predicted molar refractivity (Wildman–Crippen MR) is 86.2 cm³/mol. The number of hydrogen-bond acceptors (Lipinski definition) is 3. The summed E-state index contributed by atoms with van der Waals surface area (Å²) in [7, 11) is 0. The summed E-state index contributed by atoms with van der Waals surface area (Å²) in [4.78, 5) is 2.32. The Hall–Kier alpha value is -1.53. The summed E-state index contributed by atoms with van der Waals surface area (Å²) in [6.07, 6.45) is 1.83. The third-order valence-corrected chi connectivity index (χ3v) is 4.67. The Labute approximate surface area is 128 Å². The van der Waals surface area contributed by atoms with E-state index in [1.54, 1.807) is 13.0 Å². The largest absolute Gasteiger partial charge is 0.389 e. The number of benzene rings is 1. The van der Waals surface area contributed by atoms with Gasteiger partial charge in [-0.1, -0.05) is 26.8 Å². The van der Waals surface area contributed by atoms with Gasteiger partial charge in [0, 0.05) is 24.3 Å². The van der Waals surface area contributed by atoms with Crippen molar-refractivity contribution in [3.8, 4) is 6.07 Å². The zero-order valence-corrected chi connectivity index (χ0v) is 13.6. The van der Waals surface area contributed by atoms with Crippen molar-refractivity contribution in [3.63, 3.8) is 0 Å². The molecule has 114 valence electrons. The quantitative estimate of drug-likeness (QED) is 0.897. The lowest BCUT2D eigenvalue weighted by atomic mass is 9.75. The van der Waals surface area contributed by atoms with Crippen LogP contribution in [-0.4, -0.2) is 18.2 Å².